The minimum absolute atomic E-state index is 0.00550. The molecule has 0 saturated carbocycles. The lowest BCUT2D eigenvalue weighted by Crippen LogP contribution is -2.50. The molecule has 6 rings (SSSR count). The molecule has 0 radical (unpaired) electrons. The van der Waals surface area contributed by atoms with Crippen LogP contribution in [0.15, 0.2) is 47.5 Å². The largest absolute Gasteiger partial charge is 0.505 e. The van der Waals surface area contributed by atoms with Gasteiger partial charge in [0.25, 0.3) is 5.91 Å². The Morgan fingerprint density at radius 3 is 2.53 bits per heavy atom. The molecule has 244 valence electrons. The first-order valence-electron chi connectivity index (χ1n) is 14.6. The molecule has 16 heteroatoms. The first-order chi connectivity index (χ1) is 22.4. The Kier molecular flexibility index (Phi) is 8.26. The molecule has 2 aromatic carbocycles. The number of carbonyl (C=O) groups excluding carboxylic acids is 2. The van der Waals surface area contributed by atoms with Crippen molar-refractivity contribution in [3.05, 3.63) is 80.5 Å². The van der Waals surface area contributed by atoms with E-state index >= 15 is 0 Å². The van der Waals surface area contributed by atoms with Crippen LogP contribution in [0.25, 0.3) is 22.1 Å². The van der Waals surface area contributed by atoms with Crippen molar-refractivity contribution in [3.63, 3.8) is 0 Å². The second-order valence-corrected chi connectivity index (χ2v) is 11.5. The third-order valence-corrected chi connectivity index (χ3v) is 8.38. The number of aromatic hydroxyl groups is 1. The number of piperazine rings is 1. The van der Waals surface area contributed by atoms with E-state index in [1.165, 1.54) is 6.20 Å². The van der Waals surface area contributed by atoms with Crippen LogP contribution in [0.4, 0.5) is 24.5 Å². The summed E-state index contributed by atoms with van der Waals surface area (Å²) in [6.07, 6.45) is -1.28. The van der Waals surface area contributed by atoms with Gasteiger partial charge in [0.2, 0.25) is 11.3 Å². The molecule has 1 fully saturated rings. The molecule has 47 heavy (non-hydrogen) atoms. The van der Waals surface area contributed by atoms with E-state index in [2.05, 4.69) is 25.5 Å². The normalized spacial score (nSPS) is 13.8. The second-order valence-electron chi connectivity index (χ2n) is 11.1. The molecule has 5 aromatic rings. The van der Waals surface area contributed by atoms with Gasteiger partial charge in [-0.1, -0.05) is 24.6 Å². The van der Waals surface area contributed by atoms with Gasteiger partial charge in [-0.2, -0.15) is 18.3 Å². The fraction of sp³-hybridized carbons (Fsp3) is 0.290. The van der Waals surface area contributed by atoms with Gasteiger partial charge in [-0.15, -0.1) is 0 Å². The maximum Gasteiger partial charge on any atom is 0.416 e. The van der Waals surface area contributed by atoms with E-state index in [9.17, 15) is 32.7 Å². The van der Waals surface area contributed by atoms with Crippen molar-refractivity contribution in [1.29, 1.82) is 0 Å². The summed E-state index contributed by atoms with van der Waals surface area (Å²) < 4.78 is 40.9. The van der Waals surface area contributed by atoms with Gasteiger partial charge in [0.05, 0.1) is 33.7 Å². The molecule has 1 saturated heterocycles. The summed E-state index contributed by atoms with van der Waals surface area (Å²) in [5.41, 5.74) is 0.696. The second kappa shape index (κ2) is 12.2. The standard InChI is InChI=1S/C31H28ClF3N8O4/c1-3-22-26(41-8-10-42(11-9-41)30(47)19-6-4-17-14-37-40-24(17)27(19)45)28(46)25-29(38-16(2)13-36-25)43(22)15-23(44)39-21-7-5-18(12-20(21)32)31(33,34)35/h4-7,12-14,45H,3,8-11,15H2,1-2H3,(H,37,40)(H,39,44). The summed E-state index contributed by atoms with van der Waals surface area (Å²) in [4.78, 5) is 52.8. The van der Waals surface area contributed by atoms with Crippen molar-refractivity contribution in [3.8, 4) is 5.75 Å². The van der Waals surface area contributed by atoms with Gasteiger partial charge >= 0.3 is 6.18 Å². The number of nitrogens with zero attached hydrogens (tertiary/aromatic N) is 6. The number of alkyl halides is 3. The molecule has 0 aliphatic carbocycles. The van der Waals surface area contributed by atoms with Crippen molar-refractivity contribution in [2.24, 2.45) is 0 Å². The van der Waals surface area contributed by atoms with E-state index in [1.54, 1.807) is 34.7 Å². The SMILES string of the molecule is CCc1c(N2CCN(C(=O)c3ccc4cn[nH]c4c3O)CC2)c(=O)c2ncc(C)nc2n1CC(=O)Nc1ccc(C(F)(F)F)cc1Cl. The van der Waals surface area contributed by atoms with Crippen LogP contribution in [-0.4, -0.2) is 72.7 Å². The molecule has 1 aliphatic rings. The lowest BCUT2D eigenvalue weighted by Gasteiger charge is -2.37. The van der Waals surface area contributed by atoms with Crippen LogP contribution in [0.2, 0.25) is 5.02 Å². The number of benzene rings is 2. The molecule has 1 aliphatic heterocycles. The van der Waals surface area contributed by atoms with Crippen LogP contribution in [-0.2, 0) is 23.9 Å². The molecule has 0 bridgehead atoms. The van der Waals surface area contributed by atoms with Crippen LogP contribution in [0.5, 0.6) is 5.75 Å². The van der Waals surface area contributed by atoms with E-state index in [0.717, 1.165) is 18.2 Å². The number of anilines is 2. The number of carbonyl (C=O) groups is 2. The number of pyridine rings is 1. The lowest BCUT2D eigenvalue weighted by atomic mass is 10.1. The zero-order chi connectivity index (χ0) is 33.6. The summed E-state index contributed by atoms with van der Waals surface area (Å²) >= 11 is 6.07. The molecule has 3 N–H and O–H groups in total. The zero-order valence-corrected chi connectivity index (χ0v) is 25.9. The van der Waals surface area contributed by atoms with Crippen LogP contribution < -0.4 is 15.6 Å². The van der Waals surface area contributed by atoms with E-state index in [1.807, 2.05) is 11.8 Å². The molecule has 2 amide bonds. The number of H-pyrrole nitrogens is 1. The smallest absolute Gasteiger partial charge is 0.416 e. The zero-order valence-electron chi connectivity index (χ0n) is 25.2. The van der Waals surface area contributed by atoms with Crippen LogP contribution >= 0.6 is 11.6 Å². The van der Waals surface area contributed by atoms with E-state index in [4.69, 9.17) is 11.6 Å². The Balaban J connectivity index is 1.29. The highest BCUT2D eigenvalue weighted by Crippen LogP contribution is 2.34. The van der Waals surface area contributed by atoms with Crippen LogP contribution in [0, 0.1) is 6.92 Å². The maximum absolute atomic E-state index is 13.9. The number of hydrogen-bond acceptors (Lipinski definition) is 8. The van der Waals surface area contributed by atoms with Gasteiger partial charge in [0.15, 0.2) is 16.9 Å². The average molecular weight is 669 g/mol. The van der Waals surface area contributed by atoms with Gasteiger partial charge in [-0.25, -0.2) is 9.97 Å². The third kappa shape index (κ3) is 5.93. The lowest BCUT2D eigenvalue weighted by molar-refractivity contribution is -0.137. The van der Waals surface area contributed by atoms with Crippen LogP contribution in [0.3, 0.4) is 0 Å². The predicted molar refractivity (Wildman–Crippen MR) is 169 cm³/mol. The number of nitrogens with one attached hydrogen (secondary N) is 2. The number of hydrogen-bond donors (Lipinski definition) is 3. The molecular formula is C31H28ClF3N8O4. The maximum atomic E-state index is 13.9. The summed E-state index contributed by atoms with van der Waals surface area (Å²) in [6, 6.07) is 5.87. The average Bonchev–Trinajstić information content (AvgIpc) is 3.53. The summed E-state index contributed by atoms with van der Waals surface area (Å²) in [6.45, 7) is 4.22. The van der Waals surface area contributed by atoms with Crippen molar-refractivity contribution in [1.82, 2.24) is 29.6 Å². The molecule has 4 heterocycles. The number of phenols is 1. The quantitative estimate of drug-likeness (QED) is 0.239. The highest BCUT2D eigenvalue weighted by Gasteiger charge is 2.32. The Hall–Kier alpha value is -5.18. The van der Waals surface area contributed by atoms with E-state index in [-0.39, 0.29) is 77.2 Å². The number of fused-ring (bicyclic) bond motifs is 2. The number of amides is 2. The summed E-state index contributed by atoms with van der Waals surface area (Å²) in [5, 5.41) is 20.2. The van der Waals surface area contributed by atoms with Gasteiger partial charge in [0.1, 0.15) is 17.7 Å². The number of aromatic amines is 1. The van der Waals surface area contributed by atoms with E-state index < -0.39 is 17.6 Å². The first kappa shape index (κ1) is 31.8. The van der Waals surface area contributed by atoms with Crippen molar-refractivity contribution < 1.29 is 27.9 Å². The first-order valence-corrected chi connectivity index (χ1v) is 15.0. The topological polar surface area (TPSA) is 149 Å². The fourth-order valence-corrected chi connectivity index (χ4v) is 5.99. The molecule has 0 unspecified atom stereocenters. The van der Waals surface area contributed by atoms with Gasteiger partial charge in [-0.05, 0) is 37.6 Å². The Morgan fingerprint density at radius 2 is 1.85 bits per heavy atom. The highest BCUT2D eigenvalue weighted by atomic mass is 35.5. The van der Waals surface area contributed by atoms with Crippen molar-refractivity contribution in [2.75, 3.05) is 36.4 Å². The number of rotatable bonds is 6. The number of phenolic OH excluding ortho intramolecular Hbond substituents is 1. The van der Waals surface area contributed by atoms with Gasteiger partial charge in [0, 0.05) is 43.5 Å². The van der Waals surface area contributed by atoms with Crippen molar-refractivity contribution in [2.45, 2.75) is 33.0 Å². The highest BCUT2D eigenvalue weighted by molar-refractivity contribution is 6.33. The number of halogens is 4. The minimum atomic E-state index is -4.60. The monoisotopic (exact) mass is 668 g/mol. The Bertz CT molecular complexity index is 2110. The van der Waals surface area contributed by atoms with Gasteiger partial charge in [-0.3, -0.25) is 19.5 Å². The Morgan fingerprint density at radius 1 is 1.11 bits per heavy atom. The Labute approximate surface area is 269 Å². The fourth-order valence-electron chi connectivity index (χ4n) is 5.77. The number of aromatic nitrogens is 5. The molecule has 3 aromatic heterocycles. The van der Waals surface area contributed by atoms with Crippen LogP contribution in [0.1, 0.15) is 34.2 Å². The molecule has 12 nitrogen and oxygen atoms in total. The molecule has 0 atom stereocenters. The third-order valence-electron chi connectivity index (χ3n) is 8.07. The summed E-state index contributed by atoms with van der Waals surface area (Å²) in [5.74, 6) is -1.17. The van der Waals surface area contributed by atoms with Gasteiger partial charge < -0.3 is 24.8 Å². The van der Waals surface area contributed by atoms with Crippen molar-refractivity contribution >= 4 is 56.9 Å². The van der Waals surface area contributed by atoms with E-state index in [0.29, 0.717) is 34.4 Å². The predicted octanol–water partition coefficient (Wildman–Crippen LogP) is 4.52. The molecule has 0 spiro atoms. The number of aryl methyl sites for hydroxylation is 1. The summed E-state index contributed by atoms with van der Waals surface area (Å²) in [7, 11) is 0. The minimum Gasteiger partial charge on any atom is -0.505 e. The molecular weight excluding hydrogens is 641 g/mol.